The highest BCUT2D eigenvalue weighted by Gasteiger charge is 2.43. The van der Waals surface area contributed by atoms with Gasteiger partial charge >= 0.3 is 17.9 Å². The van der Waals surface area contributed by atoms with Crippen LogP contribution in [0.5, 0.6) is 5.75 Å². The third-order valence-electron chi connectivity index (χ3n) is 6.13. The van der Waals surface area contributed by atoms with Crippen LogP contribution >= 0.6 is 0 Å². The summed E-state index contributed by atoms with van der Waals surface area (Å²) in [5.74, 6) is -3.85. The van der Waals surface area contributed by atoms with E-state index in [-0.39, 0.29) is 46.3 Å². The number of aliphatic hydroxyl groups excluding tert-OH is 2. The summed E-state index contributed by atoms with van der Waals surface area (Å²) in [6, 6.07) is 14.7. The second-order valence-electron chi connectivity index (χ2n) is 8.80. The lowest BCUT2D eigenvalue weighted by Crippen LogP contribution is -2.41. The normalized spacial score (nSPS) is 15.6. The molecule has 41 heavy (non-hydrogen) atoms. The number of nitriles is 1. The Morgan fingerprint density at radius 2 is 1.76 bits per heavy atom. The Balaban J connectivity index is 2.35. The van der Waals surface area contributed by atoms with Crippen molar-refractivity contribution in [3.63, 3.8) is 0 Å². The summed E-state index contributed by atoms with van der Waals surface area (Å²) in [7, 11) is 2.26. The van der Waals surface area contributed by atoms with Gasteiger partial charge in [-0.1, -0.05) is 37.3 Å². The number of ether oxygens (including phenoxy) is 4. The summed E-state index contributed by atoms with van der Waals surface area (Å²) in [6.07, 6.45) is -0.670. The molecule has 216 valence electrons. The SMILES string of the molecule is CCCOc1ccc(C(=O)OCC(O)CO)cc1N1C(N)=C(C#N)C(c2ccccc2)C(C(=O)OC)=C1C(=O)OC. The van der Waals surface area contributed by atoms with E-state index in [2.05, 4.69) is 6.07 Å². The molecule has 12 nitrogen and oxygen atoms in total. The first kappa shape index (κ1) is 30.7. The molecule has 0 aliphatic carbocycles. The molecular weight excluding hydrogens is 534 g/mol. The number of esters is 3. The molecule has 2 atom stereocenters. The van der Waals surface area contributed by atoms with Crippen molar-refractivity contribution >= 4 is 23.6 Å². The second-order valence-corrected chi connectivity index (χ2v) is 8.80. The Bertz CT molecular complexity index is 1400. The van der Waals surface area contributed by atoms with E-state index in [0.29, 0.717) is 12.0 Å². The predicted octanol–water partition coefficient (Wildman–Crippen LogP) is 1.88. The van der Waals surface area contributed by atoms with Crippen LogP contribution in [0.4, 0.5) is 5.69 Å². The highest BCUT2D eigenvalue weighted by Crippen LogP contribution is 2.45. The number of hydrogen-bond donors (Lipinski definition) is 3. The van der Waals surface area contributed by atoms with Gasteiger partial charge in [0.15, 0.2) is 0 Å². The van der Waals surface area contributed by atoms with E-state index >= 15 is 0 Å². The molecule has 2 unspecified atom stereocenters. The van der Waals surface area contributed by atoms with Crippen molar-refractivity contribution in [3.05, 3.63) is 82.3 Å². The van der Waals surface area contributed by atoms with Crippen LogP contribution in [0.25, 0.3) is 0 Å². The third kappa shape index (κ3) is 6.49. The number of carbonyl (C=O) groups is 3. The first-order chi connectivity index (χ1) is 19.7. The number of hydrogen-bond acceptors (Lipinski definition) is 12. The zero-order chi connectivity index (χ0) is 30.1. The average Bonchev–Trinajstić information content (AvgIpc) is 3.01. The van der Waals surface area contributed by atoms with Gasteiger partial charge in [0.25, 0.3) is 0 Å². The quantitative estimate of drug-likeness (QED) is 0.266. The van der Waals surface area contributed by atoms with Gasteiger partial charge in [-0.05, 0) is 30.2 Å². The molecule has 0 bridgehead atoms. The van der Waals surface area contributed by atoms with Gasteiger partial charge in [0.05, 0.1) is 61.8 Å². The molecule has 12 heteroatoms. The third-order valence-corrected chi connectivity index (χ3v) is 6.13. The Hall–Kier alpha value is -4.86. The Morgan fingerprint density at radius 3 is 2.34 bits per heavy atom. The molecule has 2 aromatic carbocycles. The van der Waals surface area contributed by atoms with E-state index in [1.807, 2.05) is 6.92 Å². The number of allylic oxidation sites excluding steroid dienone is 1. The maximum atomic E-state index is 13.4. The number of rotatable bonds is 11. The van der Waals surface area contributed by atoms with Crippen LogP contribution in [0.15, 0.2) is 71.2 Å². The number of nitrogens with zero attached hydrogens (tertiary/aromatic N) is 2. The highest BCUT2D eigenvalue weighted by atomic mass is 16.5. The van der Waals surface area contributed by atoms with Crippen molar-refractivity contribution in [2.75, 3.05) is 38.9 Å². The van der Waals surface area contributed by atoms with Crippen LogP contribution in [0.1, 0.15) is 35.2 Å². The molecule has 4 N–H and O–H groups in total. The second kappa shape index (κ2) is 14.0. The van der Waals surface area contributed by atoms with Crippen LogP contribution < -0.4 is 15.4 Å². The fourth-order valence-electron chi connectivity index (χ4n) is 4.22. The smallest absolute Gasteiger partial charge is 0.355 e. The van der Waals surface area contributed by atoms with Crippen molar-refractivity contribution in [2.24, 2.45) is 5.73 Å². The average molecular weight is 566 g/mol. The van der Waals surface area contributed by atoms with Crippen LogP contribution in [0.2, 0.25) is 0 Å². The maximum absolute atomic E-state index is 13.4. The molecule has 0 saturated heterocycles. The largest absolute Gasteiger partial charge is 0.491 e. The molecule has 1 aliphatic rings. The lowest BCUT2D eigenvalue weighted by molar-refractivity contribution is -0.139. The van der Waals surface area contributed by atoms with Gasteiger partial charge in [-0.3, -0.25) is 4.90 Å². The van der Waals surface area contributed by atoms with E-state index in [9.17, 15) is 24.8 Å². The zero-order valence-corrected chi connectivity index (χ0v) is 22.8. The molecule has 0 aromatic heterocycles. The Labute approximate surface area is 236 Å². The van der Waals surface area contributed by atoms with E-state index in [1.165, 1.54) is 18.2 Å². The van der Waals surface area contributed by atoms with Crippen LogP contribution in [0.3, 0.4) is 0 Å². The van der Waals surface area contributed by atoms with Crippen LogP contribution in [-0.2, 0) is 23.8 Å². The number of carbonyl (C=O) groups excluding carboxylic acids is 3. The van der Waals surface area contributed by atoms with Gasteiger partial charge in [0.2, 0.25) is 0 Å². The minimum atomic E-state index is -1.28. The van der Waals surface area contributed by atoms with Gasteiger partial charge in [0.1, 0.15) is 30.0 Å². The number of aliphatic hydroxyl groups is 2. The number of methoxy groups -OCH3 is 2. The molecule has 0 radical (unpaired) electrons. The molecule has 1 aliphatic heterocycles. The zero-order valence-electron chi connectivity index (χ0n) is 22.8. The fraction of sp³-hybridized carbons (Fsp3) is 0.310. The van der Waals surface area contributed by atoms with Gasteiger partial charge in [0, 0.05) is 0 Å². The number of anilines is 1. The number of nitrogens with two attached hydrogens (primary N) is 1. The monoisotopic (exact) mass is 565 g/mol. The first-order valence-corrected chi connectivity index (χ1v) is 12.6. The summed E-state index contributed by atoms with van der Waals surface area (Å²) >= 11 is 0. The van der Waals surface area contributed by atoms with Crippen molar-refractivity contribution in [3.8, 4) is 11.8 Å². The minimum absolute atomic E-state index is 0.0330. The van der Waals surface area contributed by atoms with Crippen molar-refractivity contribution in [2.45, 2.75) is 25.4 Å². The van der Waals surface area contributed by atoms with Crippen molar-refractivity contribution < 1.29 is 43.5 Å². The standard InChI is InChI=1S/C29H31N3O9/c1-4-12-40-22-11-10-18(27(35)41-16-19(34)15-33)13-21(22)32-25(29(37)39-3)24(28(36)38-2)23(20(14-30)26(32)31)17-8-6-5-7-9-17/h5-11,13,19,23,33-34H,4,12,15-16,31H2,1-3H3. The van der Waals surface area contributed by atoms with E-state index < -0.39 is 43.1 Å². The fourth-order valence-corrected chi connectivity index (χ4v) is 4.22. The summed E-state index contributed by atoms with van der Waals surface area (Å²) in [6.45, 7) is 1.04. The molecule has 0 amide bonds. The Morgan fingerprint density at radius 1 is 1.07 bits per heavy atom. The molecule has 1 heterocycles. The molecule has 0 saturated carbocycles. The van der Waals surface area contributed by atoms with E-state index in [0.717, 1.165) is 19.1 Å². The first-order valence-electron chi connectivity index (χ1n) is 12.6. The Kier molecular flexibility index (Phi) is 10.5. The summed E-state index contributed by atoms with van der Waals surface area (Å²) in [5, 5.41) is 28.9. The topological polar surface area (TPSA) is 182 Å². The van der Waals surface area contributed by atoms with Crippen molar-refractivity contribution in [1.29, 1.82) is 5.26 Å². The highest BCUT2D eigenvalue weighted by molar-refractivity contribution is 6.07. The summed E-state index contributed by atoms with van der Waals surface area (Å²) in [4.78, 5) is 40.6. The summed E-state index contributed by atoms with van der Waals surface area (Å²) in [5.41, 5.74) is 6.46. The van der Waals surface area contributed by atoms with Gasteiger partial charge in [-0.15, -0.1) is 0 Å². The lowest BCUT2D eigenvalue weighted by atomic mass is 9.81. The molecule has 2 aromatic rings. The summed E-state index contributed by atoms with van der Waals surface area (Å²) < 4.78 is 21.1. The predicted molar refractivity (Wildman–Crippen MR) is 145 cm³/mol. The molecule has 0 fully saturated rings. The van der Waals surface area contributed by atoms with Gasteiger partial charge in [-0.25, -0.2) is 14.4 Å². The number of benzene rings is 2. The lowest BCUT2D eigenvalue weighted by Gasteiger charge is -2.36. The van der Waals surface area contributed by atoms with Crippen molar-refractivity contribution in [1.82, 2.24) is 0 Å². The van der Waals surface area contributed by atoms with E-state index in [1.54, 1.807) is 30.3 Å². The minimum Gasteiger partial charge on any atom is -0.491 e. The molecule has 0 spiro atoms. The van der Waals surface area contributed by atoms with Gasteiger partial charge in [-0.2, -0.15) is 5.26 Å². The maximum Gasteiger partial charge on any atom is 0.355 e. The molecule has 3 rings (SSSR count). The van der Waals surface area contributed by atoms with Gasteiger partial charge < -0.3 is 34.9 Å². The molecular formula is C29H31N3O9. The van der Waals surface area contributed by atoms with Crippen LogP contribution in [0, 0.1) is 11.3 Å². The van der Waals surface area contributed by atoms with E-state index in [4.69, 9.17) is 29.8 Å². The van der Waals surface area contributed by atoms with Crippen LogP contribution in [-0.4, -0.2) is 68.3 Å².